The molecule has 1 aliphatic rings. The van der Waals surface area contributed by atoms with Gasteiger partial charge in [0.2, 0.25) is 0 Å². The number of amides is 1. The summed E-state index contributed by atoms with van der Waals surface area (Å²) in [6, 6.07) is 18.5. The molecule has 0 unspecified atom stereocenters. The maximum Gasteiger partial charge on any atom is 0.409 e. The first-order valence-corrected chi connectivity index (χ1v) is 12.0. The summed E-state index contributed by atoms with van der Waals surface area (Å²) in [5.74, 6) is -0.164. The lowest BCUT2D eigenvalue weighted by Gasteiger charge is -2.42. The molecule has 0 aromatic heterocycles. The fourth-order valence-electron chi connectivity index (χ4n) is 4.86. The highest BCUT2D eigenvalue weighted by atomic mass is 19.1. The number of benzene rings is 3. The van der Waals surface area contributed by atoms with Crippen LogP contribution in [-0.2, 0) is 5.60 Å². The van der Waals surface area contributed by atoms with Crippen molar-refractivity contribution in [3.63, 3.8) is 0 Å². The number of anilines is 1. The van der Waals surface area contributed by atoms with Gasteiger partial charge in [-0.3, -0.25) is 5.32 Å². The Morgan fingerprint density at radius 3 is 1.94 bits per heavy atom. The van der Waals surface area contributed by atoms with Crippen molar-refractivity contribution in [3.05, 3.63) is 95.6 Å². The monoisotopic (exact) mass is 496 g/mol. The van der Waals surface area contributed by atoms with Gasteiger partial charge in [0.05, 0.1) is 6.61 Å². The number of rotatable bonds is 9. The number of likely N-dealkylation sites (tertiary alicyclic amines) is 1. The molecule has 4 rings (SSSR count). The number of carbonyl (C=O) groups is 1. The Hall–Kier alpha value is -3.49. The van der Waals surface area contributed by atoms with Crippen LogP contribution in [0.3, 0.4) is 0 Å². The third-order valence-electron chi connectivity index (χ3n) is 6.74. The molecule has 6 nitrogen and oxygen atoms in total. The first-order chi connectivity index (χ1) is 17.3. The Balaban J connectivity index is 1.31. The summed E-state index contributed by atoms with van der Waals surface area (Å²) in [4.78, 5) is 13.0. The Bertz CT molecular complexity index is 1080. The van der Waals surface area contributed by atoms with Crippen molar-refractivity contribution in [2.75, 3.05) is 31.6 Å². The number of piperidine rings is 1. The second-order valence-corrected chi connectivity index (χ2v) is 9.05. The molecule has 0 aliphatic carbocycles. The number of hydrogen-bond acceptors (Lipinski definition) is 4. The minimum Gasteiger partial charge on any atom is -0.494 e. The van der Waals surface area contributed by atoms with Crippen molar-refractivity contribution in [1.29, 1.82) is 0 Å². The predicted octanol–water partition coefficient (Wildman–Crippen LogP) is 5.47. The first-order valence-electron chi connectivity index (χ1n) is 12.0. The van der Waals surface area contributed by atoms with E-state index in [1.54, 1.807) is 48.5 Å². The van der Waals surface area contributed by atoms with Crippen LogP contribution in [0.25, 0.3) is 0 Å². The number of nitrogens with zero attached hydrogens (tertiary/aromatic N) is 1. The zero-order valence-electron chi connectivity index (χ0n) is 19.9. The van der Waals surface area contributed by atoms with Gasteiger partial charge in [0.15, 0.2) is 0 Å². The van der Waals surface area contributed by atoms with Gasteiger partial charge in [-0.1, -0.05) is 24.3 Å². The molecule has 3 N–H and O–H groups in total. The van der Waals surface area contributed by atoms with Crippen LogP contribution in [0.4, 0.5) is 19.3 Å². The van der Waals surface area contributed by atoms with E-state index in [0.29, 0.717) is 29.2 Å². The lowest BCUT2D eigenvalue weighted by atomic mass is 9.72. The molecular weight excluding hydrogens is 466 g/mol. The van der Waals surface area contributed by atoms with E-state index in [9.17, 15) is 18.7 Å². The van der Waals surface area contributed by atoms with E-state index in [1.807, 2.05) is 0 Å². The SMILES string of the molecule is O=C(O)Nc1ccc(OCCCN2CCC(C(O)(c3ccc(F)cc3)c3ccc(F)cc3)CC2)cc1. The van der Waals surface area contributed by atoms with E-state index >= 15 is 0 Å². The third-order valence-corrected chi connectivity index (χ3v) is 6.74. The van der Waals surface area contributed by atoms with Gasteiger partial charge in [-0.05, 0) is 97.9 Å². The number of hydrogen-bond donors (Lipinski definition) is 3. The minimum absolute atomic E-state index is 0.0983. The van der Waals surface area contributed by atoms with Gasteiger partial charge in [0, 0.05) is 12.2 Å². The molecule has 0 bridgehead atoms. The van der Waals surface area contributed by atoms with Crippen molar-refractivity contribution in [1.82, 2.24) is 4.90 Å². The molecule has 0 spiro atoms. The second kappa shape index (κ2) is 11.5. The average Bonchev–Trinajstić information content (AvgIpc) is 2.88. The van der Waals surface area contributed by atoms with E-state index in [1.165, 1.54) is 24.3 Å². The maximum absolute atomic E-state index is 13.6. The minimum atomic E-state index is -1.34. The highest BCUT2D eigenvalue weighted by Gasteiger charge is 2.41. The van der Waals surface area contributed by atoms with E-state index in [2.05, 4.69) is 10.2 Å². The zero-order chi connectivity index (χ0) is 25.5. The van der Waals surface area contributed by atoms with Crippen LogP contribution >= 0.6 is 0 Å². The molecule has 1 heterocycles. The molecule has 0 saturated carbocycles. The number of halogens is 2. The first kappa shape index (κ1) is 25.6. The smallest absolute Gasteiger partial charge is 0.409 e. The highest BCUT2D eigenvalue weighted by molar-refractivity contribution is 5.82. The summed E-state index contributed by atoms with van der Waals surface area (Å²) in [7, 11) is 0. The van der Waals surface area contributed by atoms with Crippen LogP contribution in [0, 0.1) is 17.6 Å². The molecule has 1 amide bonds. The van der Waals surface area contributed by atoms with Crippen LogP contribution in [0.15, 0.2) is 72.8 Å². The van der Waals surface area contributed by atoms with Crippen molar-refractivity contribution in [3.8, 4) is 5.75 Å². The second-order valence-electron chi connectivity index (χ2n) is 9.05. The van der Waals surface area contributed by atoms with Gasteiger partial charge < -0.3 is 19.8 Å². The van der Waals surface area contributed by atoms with Gasteiger partial charge in [0.1, 0.15) is 23.0 Å². The molecule has 1 aliphatic heterocycles. The maximum atomic E-state index is 13.6. The van der Waals surface area contributed by atoms with Crippen LogP contribution in [0.2, 0.25) is 0 Å². The summed E-state index contributed by atoms with van der Waals surface area (Å²) < 4.78 is 32.9. The number of carboxylic acid groups (broad SMARTS) is 1. The Morgan fingerprint density at radius 1 is 0.917 bits per heavy atom. The van der Waals surface area contributed by atoms with Gasteiger partial charge in [-0.2, -0.15) is 0 Å². The zero-order valence-corrected chi connectivity index (χ0v) is 19.9. The fourth-order valence-corrected chi connectivity index (χ4v) is 4.86. The topological polar surface area (TPSA) is 82.0 Å². The lowest BCUT2D eigenvalue weighted by Crippen LogP contribution is -2.44. The largest absolute Gasteiger partial charge is 0.494 e. The molecule has 0 atom stereocenters. The van der Waals surface area contributed by atoms with Crippen molar-refractivity contribution in [2.24, 2.45) is 5.92 Å². The predicted molar refractivity (Wildman–Crippen MR) is 133 cm³/mol. The van der Waals surface area contributed by atoms with E-state index in [4.69, 9.17) is 9.84 Å². The fraction of sp³-hybridized carbons (Fsp3) is 0.321. The molecule has 8 heteroatoms. The molecule has 1 fully saturated rings. The van der Waals surface area contributed by atoms with Crippen molar-refractivity contribution in [2.45, 2.75) is 24.9 Å². The molecule has 36 heavy (non-hydrogen) atoms. The van der Waals surface area contributed by atoms with Crippen LogP contribution < -0.4 is 10.1 Å². The van der Waals surface area contributed by atoms with Crippen LogP contribution in [-0.4, -0.2) is 47.4 Å². The molecule has 190 valence electrons. The van der Waals surface area contributed by atoms with Gasteiger partial charge in [0.25, 0.3) is 0 Å². The summed E-state index contributed by atoms with van der Waals surface area (Å²) in [6.07, 6.45) is 1.19. The van der Waals surface area contributed by atoms with Gasteiger partial charge in [-0.25, -0.2) is 13.6 Å². The molecule has 3 aromatic rings. The highest BCUT2D eigenvalue weighted by Crippen LogP contribution is 2.42. The number of aliphatic hydroxyl groups is 1. The van der Waals surface area contributed by atoms with E-state index in [0.717, 1.165) is 38.9 Å². The molecule has 1 saturated heterocycles. The molecule has 0 radical (unpaired) electrons. The Morgan fingerprint density at radius 2 is 1.44 bits per heavy atom. The quantitative estimate of drug-likeness (QED) is 0.342. The molecular formula is C28H30F2N2O4. The van der Waals surface area contributed by atoms with Gasteiger partial charge in [-0.15, -0.1) is 0 Å². The average molecular weight is 497 g/mol. The van der Waals surface area contributed by atoms with Crippen molar-refractivity contribution >= 4 is 11.8 Å². The van der Waals surface area contributed by atoms with E-state index in [-0.39, 0.29) is 17.6 Å². The summed E-state index contributed by atoms with van der Waals surface area (Å²) >= 11 is 0. The number of ether oxygens (including phenoxy) is 1. The Kier molecular flexibility index (Phi) is 8.18. The third kappa shape index (κ3) is 6.19. The lowest BCUT2D eigenvalue weighted by molar-refractivity contribution is -0.0147. The van der Waals surface area contributed by atoms with E-state index < -0.39 is 11.7 Å². The standard InChI is InChI=1S/C28H30F2N2O4/c29-23-6-2-20(3-7-23)28(35,21-4-8-24(30)9-5-21)22-14-17-32(18-15-22)16-1-19-36-26-12-10-25(11-13-26)31-27(33)34/h2-13,22,31,35H,1,14-19H2,(H,33,34). The van der Waals surface area contributed by atoms with Crippen LogP contribution in [0.1, 0.15) is 30.4 Å². The normalized spacial score (nSPS) is 15.0. The summed E-state index contributed by atoms with van der Waals surface area (Å²) in [5.41, 5.74) is 0.357. The summed E-state index contributed by atoms with van der Waals surface area (Å²) in [5, 5.41) is 23.0. The van der Waals surface area contributed by atoms with Crippen LogP contribution in [0.5, 0.6) is 5.75 Å². The van der Waals surface area contributed by atoms with Gasteiger partial charge >= 0.3 is 6.09 Å². The summed E-state index contributed by atoms with van der Waals surface area (Å²) in [6.45, 7) is 2.97. The van der Waals surface area contributed by atoms with Crippen molar-refractivity contribution < 1.29 is 28.5 Å². The number of nitrogens with one attached hydrogen (secondary N) is 1. The Labute approximate surface area is 209 Å². The molecule has 3 aromatic carbocycles.